The van der Waals surface area contributed by atoms with Crippen molar-refractivity contribution in [2.75, 3.05) is 25.0 Å². The van der Waals surface area contributed by atoms with Gasteiger partial charge in [0, 0.05) is 30.4 Å². The van der Waals surface area contributed by atoms with E-state index in [1.54, 1.807) is 0 Å². The standard InChI is InChI=1S/C14H20N4O3/c1-10-6-11(7-15)8-17(10)9-14(19)16-12-2-4-13(5-3-12)18(20)21/h2-5,10-11H,6-9,15H2,1H3,(H,16,19). The molecular formula is C14H20N4O3. The number of rotatable bonds is 5. The summed E-state index contributed by atoms with van der Waals surface area (Å²) in [6, 6.07) is 6.16. The third-order valence-electron chi connectivity index (χ3n) is 3.83. The molecule has 0 aromatic heterocycles. The van der Waals surface area contributed by atoms with Gasteiger partial charge in [-0.1, -0.05) is 0 Å². The van der Waals surface area contributed by atoms with Crippen LogP contribution < -0.4 is 11.1 Å². The van der Waals surface area contributed by atoms with Gasteiger partial charge in [0.05, 0.1) is 11.5 Å². The number of likely N-dealkylation sites (tertiary alicyclic amines) is 1. The second kappa shape index (κ2) is 6.64. The summed E-state index contributed by atoms with van der Waals surface area (Å²) in [5, 5.41) is 13.3. The van der Waals surface area contributed by atoms with E-state index in [1.165, 1.54) is 24.3 Å². The van der Waals surface area contributed by atoms with Crippen LogP contribution in [0.15, 0.2) is 24.3 Å². The maximum absolute atomic E-state index is 12.0. The van der Waals surface area contributed by atoms with Crippen molar-refractivity contribution in [2.45, 2.75) is 19.4 Å². The minimum absolute atomic E-state index is 0.00644. The summed E-state index contributed by atoms with van der Waals surface area (Å²) in [6.07, 6.45) is 1.02. The van der Waals surface area contributed by atoms with Crippen LogP contribution in [0, 0.1) is 16.0 Å². The van der Waals surface area contributed by atoms with E-state index in [4.69, 9.17) is 5.73 Å². The Morgan fingerprint density at radius 1 is 1.48 bits per heavy atom. The number of carbonyl (C=O) groups is 1. The van der Waals surface area contributed by atoms with E-state index in [0.29, 0.717) is 30.7 Å². The summed E-state index contributed by atoms with van der Waals surface area (Å²) in [4.78, 5) is 24.2. The molecule has 1 aliphatic rings. The number of hydrogen-bond acceptors (Lipinski definition) is 5. The van der Waals surface area contributed by atoms with E-state index in [2.05, 4.69) is 17.1 Å². The lowest BCUT2D eigenvalue weighted by Gasteiger charge is -2.20. The number of non-ortho nitro benzene ring substituents is 1. The Bertz CT molecular complexity index is 517. The highest BCUT2D eigenvalue weighted by Crippen LogP contribution is 2.22. The fourth-order valence-corrected chi connectivity index (χ4v) is 2.66. The van der Waals surface area contributed by atoms with Gasteiger partial charge in [-0.2, -0.15) is 0 Å². The first-order chi connectivity index (χ1) is 9.99. The summed E-state index contributed by atoms with van der Waals surface area (Å²) in [7, 11) is 0. The van der Waals surface area contributed by atoms with Gasteiger partial charge < -0.3 is 11.1 Å². The Hall–Kier alpha value is -1.99. The first-order valence-electron chi connectivity index (χ1n) is 6.98. The Morgan fingerprint density at radius 3 is 2.67 bits per heavy atom. The van der Waals surface area contributed by atoms with E-state index < -0.39 is 4.92 Å². The van der Waals surface area contributed by atoms with Crippen molar-refractivity contribution in [2.24, 2.45) is 11.7 Å². The molecule has 1 aromatic carbocycles. The summed E-state index contributed by atoms with van der Waals surface area (Å²) in [5.74, 6) is 0.334. The minimum Gasteiger partial charge on any atom is -0.330 e. The van der Waals surface area contributed by atoms with Crippen LogP contribution in [0.5, 0.6) is 0 Å². The quantitative estimate of drug-likeness (QED) is 0.627. The van der Waals surface area contributed by atoms with E-state index in [0.717, 1.165) is 13.0 Å². The lowest BCUT2D eigenvalue weighted by atomic mass is 10.1. The highest BCUT2D eigenvalue weighted by Gasteiger charge is 2.29. The van der Waals surface area contributed by atoms with Gasteiger partial charge in [0.25, 0.3) is 5.69 Å². The second-order valence-corrected chi connectivity index (χ2v) is 5.47. The van der Waals surface area contributed by atoms with Gasteiger partial charge >= 0.3 is 0 Å². The summed E-state index contributed by atoms with van der Waals surface area (Å²) >= 11 is 0. The molecule has 2 rings (SSSR count). The number of nitrogens with zero attached hydrogens (tertiary/aromatic N) is 2. The largest absolute Gasteiger partial charge is 0.330 e. The van der Waals surface area contributed by atoms with Crippen molar-refractivity contribution < 1.29 is 9.72 Å². The van der Waals surface area contributed by atoms with Crippen molar-refractivity contribution in [3.05, 3.63) is 34.4 Å². The summed E-state index contributed by atoms with van der Waals surface area (Å²) in [6.45, 7) is 3.89. The molecule has 114 valence electrons. The van der Waals surface area contributed by atoms with Crippen LogP contribution >= 0.6 is 0 Å². The van der Waals surface area contributed by atoms with Gasteiger partial charge in [-0.05, 0) is 37.9 Å². The third-order valence-corrected chi connectivity index (χ3v) is 3.83. The molecule has 1 aliphatic heterocycles. The molecule has 1 saturated heterocycles. The lowest BCUT2D eigenvalue weighted by molar-refractivity contribution is -0.384. The number of benzene rings is 1. The van der Waals surface area contributed by atoms with Crippen molar-refractivity contribution in [1.29, 1.82) is 0 Å². The summed E-state index contributed by atoms with van der Waals surface area (Å²) < 4.78 is 0. The molecule has 2 unspecified atom stereocenters. The normalized spacial score (nSPS) is 22.2. The lowest BCUT2D eigenvalue weighted by Crippen LogP contribution is -2.35. The maximum Gasteiger partial charge on any atom is 0.269 e. The highest BCUT2D eigenvalue weighted by atomic mass is 16.6. The van der Waals surface area contributed by atoms with Crippen LogP contribution in [-0.4, -0.2) is 41.4 Å². The average molecular weight is 292 g/mol. The van der Waals surface area contributed by atoms with E-state index in [1.807, 2.05) is 0 Å². The number of nitrogens with two attached hydrogens (primary N) is 1. The van der Waals surface area contributed by atoms with E-state index in [-0.39, 0.29) is 11.6 Å². The van der Waals surface area contributed by atoms with E-state index >= 15 is 0 Å². The van der Waals surface area contributed by atoms with Gasteiger partial charge in [-0.25, -0.2) is 0 Å². The number of nitro benzene ring substituents is 1. The van der Waals surface area contributed by atoms with Crippen LogP contribution in [-0.2, 0) is 4.79 Å². The van der Waals surface area contributed by atoms with Crippen LogP contribution in [0.25, 0.3) is 0 Å². The zero-order valence-electron chi connectivity index (χ0n) is 12.0. The average Bonchev–Trinajstić information content (AvgIpc) is 2.80. The molecule has 21 heavy (non-hydrogen) atoms. The fraction of sp³-hybridized carbons (Fsp3) is 0.500. The number of nitrogens with one attached hydrogen (secondary N) is 1. The first-order valence-corrected chi connectivity index (χ1v) is 6.98. The van der Waals surface area contributed by atoms with Gasteiger partial charge in [-0.15, -0.1) is 0 Å². The number of anilines is 1. The number of hydrogen-bond donors (Lipinski definition) is 2. The predicted molar refractivity (Wildman–Crippen MR) is 79.9 cm³/mol. The van der Waals surface area contributed by atoms with Gasteiger partial charge in [0.1, 0.15) is 0 Å². The molecule has 1 aromatic rings. The molecule has 7 nitrogen and oxygen atoms in total. The molecular weight excluding hydrogens is 272 g/mol. The van der Waals surface area contributed by atoms with Crippen LogP contribution in [0.4, 0.5) is 11.4 Å². The topological polar surface area (TPSA) is 102 Å². The molecule has 0 spiro atoms. The molecule has 0 aliphatic carbocycles. The molecule has 0 saturated carbocycles. The highest BCUT2D eigenvalue weighted by molar-refractivity contribution is 5.92. The number of amides is 1. The molecule has 1 fully saturated rings. The van der Waals surface area contributed by atoms with Gasteiger partial charge in [-0.3, -0.25) is 19.8 Å². The Balaban J connectivity index is 1.88. The zero-order chi connectivity index (χ0) is 15.4. The number of nitro groups is 1. The smallest absolute Gasteiger partial charge is 0.269 e. The fourth-order valence-electron chi connectivity index (χ4n) is 2.66. The van der Waals surface area contributed by atoms with Crippen molar-refractivity contribution in [1.82, 2.24) is 4.90 Å². The summed E-state index contributed by atoms with van der Waals surface area (Å²) in [5.41, 5.74) is 6.24. The monoisotopic (exact) mass is 292 g/mol. The van der Waals surface area contributed by atoms with Crippen molar-refractivity contribution in [3.63, 3.8) is 0 Å². The van der Waals surface area contributed by atoms with E-state index in [9.17, 15) is 14.9 Å². The maximum atomic E-state index is 12.0. The van der Waals surface area contributed by atoms with Gasteiger partial charge in [0.2, 0.25) is 5.91 Å². The zero-order valence-corrected chi connectivity index (χ0v) is 12.0. The van der Waals surface area contributed by atoms with Crippen LogP contribution in [0.2, 0.25) is 0 Å². The Labute approximate surface area is 123 Å². The van der Waals surface area contributed by atoms with Crippen LogP contribution in [0.1, 0.15) is 13.3 Å². The molecule has 0 bridgehead atoms. The third kappa shape index (κ3) is 3.99. The van der Waals surface area contributed by atoms with Crippen molar-refractivity contribution >= 4 is 17.3 Å². The molecule has 7 heteroatoms. The Morgan fingerprint density at radius 2 is 2.14 bits per heavy atom. The first kappa shape index (κ1) is 15.4. The van der Waals surface area contributed by atoms with Crippen molar-refractivity contribution in [3.8, 4) is 0 Å². The molecule has 1 amide bonds. The van der Waals surface area contributed by atoms with Crippen LogP contribution in [0.3, 0.4) is 0 Å². The Kier molecular flexibility index (Phi) is 4.87. The second-order valence-electron chi connectivity index (χ2n) is 5.47. The number of carbonyl (C=O) groups excluding carboxylic acids is 1. The molecule has 3 N–H and O–H groups in total. The molecule has 2 atom stereocenters. The van der Waals surface area contributed by atoms with Gasteiger partial charge in [0.15, 0.2) is 0 Å². The predicted octanol–water partition coefficient (Wildman–Crippen LogP) is 1.20. The molecule has 1 heterocycles. The SMILES string of the molecule is CC1CC(CN)CN1CC(=O)Nc1ccc([N+](=O)[O-])cc1. The molecule has 0 radical (unpaired) electrons. The minimum atomic E-state index is -0.468.